The summed E-state index contributed by atoms with van der Waals surface area (Å²) in [5.41, 5.74) is 0.248. The number of hydrogen-bond acceptors (Lipinski definition) is 3. The van der Waals surface area contributed by atoms with E-state index in [1.165, 1.54) is 0 Å². The topological polar surface area (TPSA) is 62.1 Å². The Hall–Kier alpha value is -1.08. The molecule has 0 spiro atoms. The summed E-state index contributed by atoms with van der Waals surface area (Å²) in [4.78, 5) is 11.7. The number of ether oxygens (including phenoxy) is 1. The highest BCUT2D eigenvalue weighted by Crippen LogP contribution is 2.48. The number of nitrogens with zero attached hydrogens (tertiary/aromatic N) is 1. The van der Waals surface area contributed by atoms with Gasteiger partial charge < -0.3 is 10.1 Å². The van der Waals surface area contributed by atoms with Gasteiger partial charge in [-0.25, -0.2) is 0 Å². The number of carbonyl (C=O) groups is 1. The molecule has 0 radical (unpaired) electrons. The maximum Gasteiger partial charge on any atom is 0.237 e. The first-order valence-electron chi connectivity index (χ1n) is 6.34. The highest BCUT2D eigenvalue weighted by atomic mass is 16.5. The minimum atomic E-state index is -0.488. The van der Waals surface area contributed by atoms with Crippen molar-refractivity contribution >= 4 is 5.91 Å². The first kappa shape index (κ1) is 14.0. The fourth-order valence-electron chi connectivity index (χ4n) is 1.95. The Bertz CT molecular complexity index is 292. The van der Waals surface area contributed by atoms with Crippen LogP contribution >= 0.6 is 0 Å². The van der Waals surface area contributed by atoms with Crippen molar-refractivity contribution in [3.8, 4) is 6.07 Å². The van der Waals surface area contributed by atoms with E-state index in [1.807, 2.05) is 6.92 Å². The van der Waals surface area contributed by atoms with Gasteiger partial charge in [0.2, 0.25) is 5.91 Å². The van der Waals surface area contributed by atoms with Gasteiger partial charge >= 0.3 is 0 Å². The van der Waals surface area contributed by atoms with Crippen molar-refractivity contribution in [3.05, 3.63) is 0 Å². The summed E-state index contributed by atoms with van der Waals surface area (Å²) in [5.74, 6) is -0.601. The van der Waals surface area contributed by atoms with E-state index in [4.69, 9.17) is 10.00 Å². The summed E-state index contributed by atoms with van der Waals surface area (Å²) in [6, 6.07) is 2.07. The zero-order valence-corrected chi connectivity index (χ0v) is 10.8. The van der Waals surface area contributed by atoms with Gasteiger partial charge in [0.15, 0.2) is 0 Å². The summed E-state index contributed by atoms with van der Waals surface area (Å²) < 4.78 is 5.07. The molecular formula is C13H22N2O2. The number of nitrogens with one attached hydrogen (secondary N) is 1. The zero-order valence-electron chi connectivity index (χ0n) is 10.8. The molecule has 1 aliphatic rings. The average Bonchev–Trinajstić information content (AvgIpc) is 3.11. The van der Waals surface area contributed by atoms with Crippen molar-refractivity contribution in [2.45, 2.75) is 39.0 Å². The van der Waals surface area contributed by atoms with E-state index in [1.54, 1.807) is 7.11 Å². The largest absolute Gasteiger partial charge is 0.385 e. The van der Waals surface area contributed by atoms with Crippen LogP contribution in [0.2, 0.25) is 0 Å². The summed E-state index contributed by atoms with van der Waals surface area (Å²) in [5, 5.41) is 11.8. The summed E-state index contributed by atoms with van der Waals surface area (Å²) >= 11 is 0. The van der Waals surface area contributed by atoms with Crippen molar-refractivity contribution in [1.82, 2.24) is 5.32 Å². The predicted octanol–water partition coefficient (Wildman–Crippen LogP) is 1.86. The van der Waals surface area contributed by atoms with Crippen LogP contribution in [0.3, 0.4) is 0 Å². The monoisotopic (exact) mass is 238 g/mol. The molecule has 0 bridgehead atoms. The predicted molar refractivity (Wildman–Crippen MR) is 65.2 cm³/mol. The van der Waals surface area contributed by atoms with Crippen LogP contribution in [-0.2, 0) is 9.53 Å². The van der Waals surface area contributed by atoms with Crippen molar-refractivity contribution in [2.75, 3.05) is 20.3 Å². The molecular weight excluding hydrogens is 216 g/mol. The lowest BCUT2D eigenvalue weighted by Crippen LogP contribution is -2.35. The third-order valence-corrected chi connectivity index (χ3v) is 3.48. The number of carbonyl (C=O) groups excluding carboxylic acids is 1. The number of rotatable bonds is 8. The minimum Gasteiger partial charge on any atom is -0.385 e. The molecule has 1 atom stereocenters. The van der Waals surface area contributed by atoms with Crippen molar-refractivity contribution in [2.24, 2.45) is 11.3 Å². The third-order valence-electron chi connectivity index (χ3n) is 3.48. The van der Waals surface area contributed by atoms with Crippen LogP contribution in [-0.4, -0.2) is 26.2 Å². The molecule has 17 heavy (non-hydrogen) atoms. The quantitative estimate of drug-likeness (QED) is 0.702. The minimum absolute atomic E-state index is 0.113. The Morgan fingerprint density at radius 2 is 2.29 bits per heavy atom. The molecule has 0 saturated heterocycles. The van der Waals surface area contributed by atoms with E-state index in [-0.39, 0.29) is 11.3 Å². The van der Waals surface area contributed by atoms with Crippen molar-refractivity contribution < 1.29 is 9.53 Å². The molecule has 1 aliphatic carbocycles. The summed E-state index contributed by atoms with van der Waals surface area (Å²) in [7, 11) is 1.70. The van der Waals surface area contributed by atoms with Crippen LogP contribution in [0, 0.1) is 22.7 Å². The van der Waals surface area contributed by atoms with Gasteiger partial charge in [0, 0.05) is 20.3 Å². The molecule has 0 aromatic heterocycles. The molecule has 0 aromatic carbocycles. The molecule has 0 aliphatic heterocycles. The van der Waals surface area contributed by atoms with E-state index < -0.39 is 5.92 Å². The van der Waals surface area contributed by atoms with Crippen LogP contribution in [0.1, 0.15) is 39.0 Å². The van der Waals surface area contributed by atoms with Crippen molar-refractivity contribution in [1.29, 1.82) is 5.26 Å². The second kappa shape index (κ2) is 6.61. The molecule has 1 N–H and O–H groups in total. The van der Waals surface area contributed by atoms with Crippen LogP contribution in [0.5, 0.6) is 0 Å². The molecule has 1 unspecified atom stereocenters. The molecule has 4 heteroatoms. The molecule has 4 nitrogen and oxygen atoms in total. The van der Waals surface area contributed by atoms with Crippen LogP contribution in [0.4, 0.5) is 0 Å². The second-order valence-electron chi connectivity index (χ2n) is 4.93. The summed E-state index contributed by atoms with van der Waals surface area (Å²) in [6.45, 7) is 3.42. The molecule has 1 saturated carbocycles. The second-order valence-corrected chi connectivity index (χ2v) is 4.93. The van der Waals surface area contributed by atoms with Gasteiger partial charge in [0.25, 0.3) is 0 Å². The molecule has 96 valence electrons. The van der Waals surface area contributed by atoms with Gasteiger partial charge in [-0.3, -0.25) is 4.79 Å². The zero-order chi connectivity index (χ0) is 12.7. The molecule has 1 rings (SSSR count). The SMILES string of the molecule is CCCC(C#N)C(=O)NCC1(CCOC)CC1. The standard InChI is InChI=1S/C13H22N2O2/c1-3-4-11(9-14)12(16)15-10-13(5-6-13)7-8-17-2/h11H,3-8,10H2,1-2H3,(H,15,16). The Morgan fingerprint density at radius 3 is 2.76 bits per heavy atom. The maximum atomic E-state index is 11.7. The van der Waals surface area contributed by atoms with Crippen LogP contribution in [0.25, 0.3) is 0 Å². The van der Waals surface area contributed by atoms with E-state index in [9.17, 15) is 4.79 Å². The highest BCUT2D eigenvalue weighted by molar-refractivity contribution is 5.81. The molecule has 0 heterocycles. The van der Waals surface area contributed by atoms with Gasteiger partial charge in [-0.2, -0.15) is 5.26 Å². The van der Waals surface area contributed by atoms with Gasteiger partial charge in [-0.1, -0.05) is 13.3 Å². The Kier molecular flexibility index (Phi) is 5.43. The Morgan fingerprint density at radius 1 is 1.59 bits per heavy atom. The van der Waals surface area contributed by atoms with Gasteiger partial charge in [0.05, 0.1) is 6.07 Å². The first-order chi connectivity index (χ1) is 8.17. The van der Waals surface area contributed by atoms with E-state index in [0.717, 1.165) is 32.3 Å². The molecule has 1 amide bonds. The van der Waals surface area contributed by atoms with E-state index in [2.05, 4.69) is 11.4 Å². The fourth-order valence-corrected chi connectivity index (χ4v) is 1.95. The fraction of sp³-hybridized carbons (Fsp3) is 0.846. The Labute approximate surface area is 103 Å². The average molecular weight is 238 g/mol. The molecule has 1 fully saturated rings. The van der Waals surface area contributed by atoms with Gasteiger partial charge in [0.1, 0.15) is 5.92 Å². The third kappa shape index (κ3) is 4.35. The smallest absolute Gasteiger partial charge is 0.237 e. The number of hydrogen-bond donors (Lipinski definition) is 1. The van der Waals surface area contributed by atoms with Crippen LogP contribution in [0.15, 0.2) is 0 Å². The lowest BCUT2D eigenvalue weighted by atomic mass is 10.0. The summed E-state index contributed by atoms with van der Waals surface area (Å²) in [6.07, 6.45) is 4.81. The Balaban J connectivity index is 2.30. The van der Waals surface area contributed by atoms with Crippen molar-refractivity contribution in [3.63, 3.8) is 0 Å². The van der Waals surface area contributed by atoms with E-state index >= 15 is 0 Å². The normalized spacial score (nSPS) is 18.2. The molecule has 0 aromatic rings. The lowest BCUT2D eigenvalue weighted by Gasteiger charge is -2.16. The van der Waals surface area contributed by atoms with Gasteiger partial charge in [-0.15, -0.1) is 0 Å². The number of nitriles is 1. The number of methoxy groups -OCH3 is 1. The van der Waals surface area contributed by atoms with Gasteiger partial charge in [-0.05, 0) is 31.1 Å². The number of amides is 1. The first-order valence-corrected chi connectivity index (χ1v) is 6.34. The van der Waals surface area contributed by atoms with E-state index in [0.29, 0.717) is 13.0 Å². The maximum absolute atomic E-state index is 11.7. The van der Waals surface area contributed by atoms with Crippen LogP contribution < -0.4 is 5.32 Å². The highest BCUT2D eigenvalue weighted by Gasteiger charge is 2.42. The lowest BCUT2D eigenvalue weighted by molar-refractivity contribution is -0.123.